The van der Waals surface area contributed by atoms with Gasteiger partial charge in [-0.2, -0.15) is 0 Å². The molecule has 2 saturated heterocycles. The summed E-state index contributed by atoms with van der Waals surface area (Å²) in [5, 5.41) is 23.1. The Labute approximate surface area is 225 Å². The van der Waals surface area contributed by atoms with Gasteiger partial charge in [-0.05, 0) is 35.4 Å². The molecule has 2 fully saturated rings. The van der Waals surface area contributed by atoms with E-state index in [4.69, 9.17) is 29.2 Å². The molecule has 12 nitrogen and oxygen atoms in total. The number of ether oxygens (including phenoxy) is 3. The van der Waals surface area contributed by atoms with E-state index in [0.29, 0.717) is 11.6 Å². The van der Waals surface area contributed by atoms with Gasteiger partial charge in [0.15, 0.2) is 11.7 Å². The summed E-state index contributed by atoms with van der Waals surface area (Å²) in [7, 11) is 3.20. The second-order valence-corrected chi connectivity index (χ2v) is 9.80. The van der Waals surface area contributed by atoms with Gasteiger partial charge >= 0.3 is 6.03 Å². The van der Waals surface area contributed by atoms with Crippen LogP contribution in [-0.2, 0) is 16.8 Å². The highest BCUT2D eigenvalue weighted by Gasteiger charge is 2.61. The number of carbonyl (C=O) groups is 1. The number of benzene rings is 2. The molecule has 4 aliphatic heterocycles. The lowest BCUT2D eigenvalue weighted by molar-refractivity contribution is -0.0647. The first-order chi connectivity index (χ1) is 19.0. The first kappa shape index (κ1) is 25.3. The zero-order chi connectivity index (χ0) is 27.1. The van der Waals surface area contributed by atoms with E-state index >= 15 is 0 Å². The summed E-state index contributed by atoms with van der Waals surface area (Å²) in [6.45, 7) is -0.0131. The fourth-order valence-corrected chi connectivity index (χ4v) is 5.68. The van der Waals surface area contributed by atoms with Crippen LogP contribution in [-0.4, -0.2) is 96.0 Å². The lowest BCUT2D eigenvalue weighted by Gasteiger charge is -2.37. The van der Waals surface area contributed by atoms with Crippen LogP contribution >= 0.6 is 0 Å². The van der Waals surface area contributed by atoms with Gasteiger partial charge in [0, 0.05) is 6.42 Å². The van der Waals surface area contributed by atoms with Crippen LogP contribution in [0, 0.1) is 0 Å². The van der Waals surface area contributed by atoms with Crippen molar-refractivity contribution in [3.05, 3.63) is 59.7 Å². The largest absolute Gasteiger partial charge is 0.497 e. The molecule has 2 amide bonds. The number of aliphatic hydroxyl groups excluding tert-OH is 2. The van der Waals surface area contributed by atoms with Gasteiger partial charge in [0.1, 0.15) is 42.0 Å². The first-order valence-corrected chi connectivity index (χ1v) is 12.7. The van der Waals surface area contributed by atoms with Crippen LogP contribution in [0.3, 0.4) is 0 Å². The van der Waals surface area contributed by atoms with Crippen LogP contribution in [0.4, 0.5) is 4.79 Å². The standard InChI is InChI=1S/C27H30N6O6/c1-37-18-7-3-16(4-8-18)12-32-25-27(31-26(32)36,17-5-9-19(38-2)10-6-17)23-24(28-14-29-25)33(15-30-23)22-11-20(35)21(13-34)39-22/h3-10,14-15,20-24,34-35H,11-13H2,1-2H3,(H,31,36)/t20?,21-,22-,23?,24?,27?/m1/s1. The molecule has 0 aromatic heterocycles. The van der Waals surface area contributed by atoms with E-state index in [9.17, 15) is 15.0 Å². The molecule has 0 spiro atoms. The number of amidine groups is 1. The molecule has 2 aromatic carbocycles. The summed E-state index contributed by atoms with van der Waals surface area (Å²) >= 11 is 0. The van der Waals surface area contributed by atoms with Gasteiger partial charge in [-0.25, -0.2) is 14.8 Å². The Morgan fingerprint density at radius 1 is 1.08 bits per heavy atom. The molecule has 0 radical (unpaired) electrons. The van der Waals surface area contributed by atoms with Crippen molar-refractivity contribution >= 4 is 24.5 Å². The zero-order valence-corrected chi connectivity index (χ0v) is 21.5. The normalized spacial score (nSPS) is 31.0. The van der Waals surface area contributed by atoms with Crippen molar-refractivity contribution in [3.63, 3.8) is 0 Å². The first-order valence-electron chi connectivity index (χ1n) is 12.7. The number of nitrogens with one attached hydrogen (secondary N) is 1. The van der Waals surface area contributed by atoms with Gasteiger partial charge in [0.2, 0.25) is 0 Å². The van der Waals surface area contributed by atoms with E-state index in [2.05, 4.69) is 5.32 Å². The number of amides is 2. The lowest BCUT2D eigenvalue weighted by Crippen LogP contribution is -2.57. The average molecular weight is 535 g/mol. The topological polar surface area (TPSA) is 141 Å². The van der Waals surface area contributed by atoms with E-state index < -0.39 is 36.2 Å². The molecule has 0 saturated carbocycles. The minimum atomic E-state index is -1.14. The third-order valence-electron chi connectivity index (χ3n) is 7.71. The zero-order valence-electron chi connectivity index (χ0n) is 21.5. The quantitative estimate of drug-likeness (QED) is 0.483. The number of hydrogen-bond acceptors (Lipinski definition) is 10. The van der Waals surface area contributed by atoms with Crippen LogP contribution < -0.4 is 14.8 Å². The van der Waals surface area contributed by atoms with Crippen LogP contribution in [0.2, 0.25) is 0 Å². The number of aliphatic hydroxyl groups is 2. The van der Waals surface area contributed by atoms with E-state index in [1.54, 1.807) is 25.5 Å². The Bertz CT molecular complexity index is 1320. The van der Waals surface area contributed by atoms with Crippen molar-refractivity contribution in [2.45, 2.75) is 49.1 Å². The molecular weight excluding hydrogens is 504 g/mol. The minimum absolute atomic E-state index is 0.279. The van der Waals surface area contributed by atoms with Crippen LogP contribution in [0.25, 0.3) is 0 Å². The van der Waals surface area contributed by atoms with Crippen molar-refractivity contribution in [1.82, 2.24) is 15.1 Å². The van der Waals surface area contributed by atoms with Crippen molar-refractivity contribution in [2.24, 2.45) is 15.0 Å². The lowest BCUT2D eigenvalue weighted by atomic mass is 9.80. The van der Waals surface area contributed by atoms with E-state index in [0.717, 1.165) is 16.9 Å². The molecular formula is C27H30N6O6. The van der Waals surface area contributed by atoms with Gasteiger partial charge in [0.25, 0.3) is 0 Å². The number of nitrogens with zero attached hydrogens (tertiary/aromatic N) is 5. The maximum atomic E-state index is 13.6. The summed E-state index contributed by atoms with van der Waals surface area (Å²) in [4.78, 5) is 31.3. The summed E-state index contributed by atoms with van der Waals surface area (Å²) in [5.74, 6) is 1.88. The molecule has 4 unspecified atom stereocenters. The summed E-state index contributed by atoms with van der Waals surface area (Å²) in [6, 6.07) is 14.1. The minimum Gasteiger partial charge on any atom is -0.497 e. The number of urea groups is 1. The second kappa shape index (κ2) is 9.95. The van der Waals surface area contributed by atoms with Gasteiger partial charge in [-0.15, -0.1) is 0 Å². The molecule has 12 heteroatoms. The summed E-state index contributed by atoms with van der Waals surface area (Å²) < 4.78 is 16.6. The third kappa shape index (κ3) is 4.11. The molecule has 0 aliphatic carbocycles. The van der Waals surface area contributed by atoms with Gasteiger partial charge in [-0.3, -0.25) is 9.89 Å². The fourth-order valence-electron chi connectivity index (χ4n) is 5.68. The van der Waals surface area contributed by atoms with Crippen molar-refractivity contribution in [2.75, 3.05) is 20.8 Å². The van der Waals surface area contributed by atoms with Gasteiger partial charge < -0.3 is 34.6 Å². The molecule has 4 heterocycles. The van der Waals surface area contributed by atoms with Crippen LogP contribution in [0.15, 0.2) is 63.5 Å². The Morgan fingerprint density at radius 2 is 1.77 bits per heavy atom. The molecule has 39 heavy (non-hydrogen) atoms. The van der Waals surface area contributed by atoms with E-state index in [1.807, 2.05) is 53.4 Å². The third-order valence-corrected chi connectivity index (χ3v) is 7.71. The fraction of sp³-hybridized carbons (Fsp3) is 0.407. The molecule has 2 aromatic rings. The molecule has 6 rings (SSSR count). The molecule has 3 N–H and O–H groups in total. The van der Waals surface area contributed by atoms with Crippen molar-refractivity contribution < 1.29 is 29.2 Å². The number of hydrogen-bond donors (Lipinski definition) is 3. The van der Waals surface area contributed by atoms with Crippen LogP contribution in [0.1, 0.15) is 17.5 Å². The number of aliphatic imine (C=N–C) groups is 3. The number of carbonyl (C=O) groups excluding carboxylic acids is 1. The van der Waals surface area contributed by atoms with Crippen molar-refractivity contribution in [3.8, 4) is 11.5 Å². The highest BCUT2D eigenvalue weighted by atomic mass is 16.5. The molecule has 4 aliphatic rings. The highest BCUT2D eigenvalue weighted by molar-refractivity contribution is 6.13. The molecule has 204 valence electrons. The smallest absolute Gasteiger partial charge is 0.324 e. The number of rotatable bonds is 7. The SMILES string of the molecule is COc1ccc(CN2C(=O)NC3(c4ccc(OC)cc4)C2=NC=NC2C3N=CN2[C@H]2CC(O)[C@@H](CO)O2)cc1. The number of methoxy groups -OCH3 is 2. The molecule has 0 bridgehead atoms. The van der Waals surface area contributed by atoms with E-state index in [1.165, 1.54) is 6.34 Å². The monoisotopic (exact) mass is 534 g/mol. The Morgan fingerprint density at radius 3 is 2.41 bits per heavy atom. The Balaban J connectivity index is 1.39. The van der Waals surface area contributed by atoms with Crippen LogP contribution in [0.5, 0.6) is 11.5 Å². The highest BCUT2D eigenvalue weighted by Crippen LogP contribution is 2.43. The Kier molecular flexibility index (Phi) is 6.45. The van der Waals surface area contributed by atoms with E-state index in [-0.39, 0.29) is 25.6 Å². The Hall–Kier alpha value is -4.00. The maximum Gasteiger partial charge on any atom is 0.324 e. The van der Waals surface area contributed by atoms with Crippen molar-refractivity contribution in [1.29, 1.82) is 0 Å². The maximum absolute atomic E-state index is 13.6. The van der Waals surface area contributed by atoms with Gasteiger partial charge in [-0.1, -0.05) is 24.3 Å². The average Bonchev–Trinajstić information content (AvgIpc) is 3.60. The predicted octanol–water partition coefficient (Wildman–Crippen LogP) is 1.07. The predicted molar refractivity (Wildman–Crippen MR) is 142 cm³/mol. The summed E-state index contributed by atoms with van der Waals surface area (Å²) in [5.41, 5.74) is 0.528. The summed E-state index contributed by atoms with van der Waals surface area (Å²) in [6.07, 6.45) is 0.766. The second-order valence-electron chi connectivity index (χ2n) is 9.80. The number of fused-ring (bicyclic) bond motifs is 3. The van der Waals surface area contributed by atoms with Gasteiger partial charge in [0.05, 0.1) is 39.8 Å². The molecule has 6 atom stereocenters.